The molecule has 32 heteroatoms. The summed E-state index contributed by atoms with van der Waals surface area (Å²) in [4.78, 5) is 41.9. The normalized spacial score (nSPS) is 12.1. The Morgan fingerprint density at radius 2 is 0.952 bits per heavy atom. The van der Waals surface area contributed by atoms with E-state index < -0.39 is 11.1 Å². The first kappa shape index (κ1) is 93.0. The SMILES string of the molecule is CCCCc1nc(Cl)c(CNC(=O)CCOCCOCCOCCOCCOCCOCCOCCOC)n1Cc1ccc(-c2ccccc2-c2nn[nH]n2)cc1.COCCOCCOCCOCCOCCNC(=O)CCCC(=O)NCCC(CCNC(C)(C)/C(C)=N\O)CCNC(C)(C)/C(C)=N\O. The van der Waals surface area contributed by atoms with Crippen molar-refractivity contribution >= 4 is 40.7 Å². The number of nitrogens with one attached hydrogen (secondary N) is 6. The minimum atomic E-state index is -0.437. The summed E-state index contributed by atoms with van der Waals surface area (Å²) in [5.74, 6) is 1.43. The van der Waals surface area contributed by atoms with E-state index in [1.807, 2.05) is 52.0 Å². The molecule has 31 nitrogen and oxygen atoms in total. The second kappa shape index (κ2) is 59.8. The Morgan fingerprint density at radius 3 is 1.39 bits per heavy atom. The second-order valence-electron chi connectivity index (χ2n) is 25.4. The van der Waals surface area contributed by atoms with Crippen molar-refractivity contribution in [2.75, 3.05) is 199 Å². The number of aromatic nitrogens is 6. The average molecular weight is 1510 g/mol. The van der Waals surface area contributed by atoms with Crippen LogP contribution in [0.4, 0.5) is 0 Å². The number of ether oxygens (including phenoxy) is 13. The molecule has 2 aromatic carbocycles. The number of benzene rings is 2. The molecule has 2 aromatic heterocycles. The van der Waals surface area contributed by atoms with Gasteiger partial charge in [-0.25, -0.2) is 4.98 Å². The second-order valence-corrected chi connectivity index (χ2v) is 25.8. The van der Waals surface area contributed by atoms with Gasteiger partial charge in [0.1, 0.15) is 5.82 Å². The van der Waals surface area contributed by atoms with Crippen LogP contribution in [0.5, 0.6) is 0 Å². The molecule has 3 amide bonds. The number of unbranched alkanes of at least 4 members (excludes halogenated alkanes) is 1. The molecule has 0 saturated carbocycles. The van der Waals surface area contributed by atoms with Crippen molar-refractivity contribution in [2.24, 2.45) is 16.2 Å². The molecule has 0 aliphatic heterocycles. The van der Waals surface area contributed by atoms with Crippen LogP contribution in [0, 0.1) is 5.92 Å². The molecular weight excluding hydrogens is 1380 g/mol. The number of hydrogen-bond acceptors (Lipinski definition) is 26. The maximum atomic E-state index is 12.7. The molecule has 4 rings (SSSR count). The van der Waals surface area contributed by atoms with Gasteiger partial charge in [0.25, 0.3) is 0 Å². The lowest BCUT2D eigenvalue weighted by molar-refractivity contribution is -0.123. The Labute approximate surface area is 626 Å². The van der Waals surface area contributed by atoms with E-state index in [2.05, 4.69) is 98.3 Å². The number of aryl methyl sites for hydroxylation is 1. The van der Waals surface area contributed by atoms with Crippen LogP contribution < -0.4 is 26.6 Å². The maximum absolute atomic E-state index is 12.7. The van der Waals surface area contributed by atoms with Crippen molar-refractivity contribution in [3.63, 3.8) is 0 Å². The molecule has 0 fully saturated rings. The summed E-state index contributed by atoms with van der Waals surface area (Å²) < 4.78 is 71.9. The van der Waals surface area contributed by atoms with Gasteiger partial charge in [0.2, 0.25) is 23.5 Å². The molecular formula is C73H124ClN13O18. The van der Waals surface area contributed by atoms with Gasteiger partial charge in [-0.3, -0.25) is 14.4 Å². The fourth-order valence-corrected chi connectivity index (χ4v) is 10.1. The number of methoxy groups -OCH3 is 2. The van der Waals surface area contributed by atoms with E-state index in [1.54, 1.807) is 28.1 Å². The number of nitrogens with zero attached hydrogens (tertiary/aromatic N) is 7. The summed E-state index contributed by atoms with van der Waals surface area (Å²) >= 11 is 6.66. The Kier molecular flexibility index (Phi) is 52.9. The van der Waals surface area contributed by atoms with Gasteiger partial charge < -0.3 is 103 Å². The molecule has 0 aliphatic carbocycles. The van der Waals surface area contributed by atoms with Crippen LogP contribution in [0.3, 0.4) is 0 Å². The van der Waals surface area contributed by atoms with Gasteiger partial charge in [-0.05, 0) is 115 Å². The molecule has 0 unspecified atom stereocenters. The lowest BCUT2D eigenvalue weighted by Gasteiger charge is -2.28. The van der Waals surface area contributed by atoms with Gasteiger partial charge >= 0.3 is 0 Å². The molecule has 0 bridgehead atoms. The van der Waals surface area contributed by atoms with Crippen molar-refractivity contribution < 1.29 is 86.4 Å². The van der Waals surface area contributed by atoms with Gasteiger partial charge in [0, 0.05) is 65.1 Å². The number of oxime groups is 2. The third kappa shape index (κ3) is 44.0. The van der Waals surface area contributed by atoms with Crippen LogP contribution in [0.15, 0.2) is 58.8 Å². The number of imidazole rings is 1. The zero-order chi connectivity index (χ0) is 76.3. The van der Waals surface area contributed by atoms with Gasteiger partial charge in [-0.1, -0.05) is 83.8 Å². The molecule has 596 valence electrons. The smallest absolute Gasteiger partial charge is 0.222 e. The fraction of sp³-hybridized carbons (Fsp3) is 0.712. The Morgan fingerprint density at radius 1 is 0.533 bits per heavy atom. The third-order valence-corrected chi connectivity index (χ3v) is 17.0. The van der Waals surface area contributed by atoms with Gasteiger partial charge in [-0.2, -0.15) is 5.21 Å². The number of H-pyrrole nitrogens is 1. The maximum Gasteiger partial charge on any atom is 0.222 e. The molecule has 4 aromatic rings. The summed E-state index contributed by atoms with van der Waals surface area (Å²) in [7, 11) is 3.27. The minimum absolute atomic E-state index is 0.0752. The first-order valence-electron chi connectivity index (χ1n) is 36.7. The molecule has 105 heavy (non-hydrogen) atoms. The molecule has 2 heterocycles. The summed E-state index contributed by atoms with van der Waals surface area (Å²) in [5, 5.41) is 55.6. The Bertz CT molecular complexity index is 2880. The number of carbonyl (C=O) groups is 3. The lowest BCUT2D eigenvalue weighted by Crippen LogP contribution is -2.47. The summed E-state index contributed by atoms with van der Waals surface area (Å²) in [6.45, 7) is 28.3. The van der Waals surface area contributed by atoms with E-state index in [0.717, 1.165) is 85.4 Å². The summed E-state index contributed by atoms with van der Waals surface area (Å²) in [6.07, 6.45) is 6.56. The summed E-state index contributed by atoms with van der Waals surface area (Å²) in [5.41, 5.74) is 5.13. The summed E-state index contributed by atoms with van der Waals surface area (Å²) in [6, 6.07) is 16.3. The van der Waals surface area contributed by atoms with Crippen molar-refractivity contribution in [3.05, 3.63) is 70.8 Å². The van der Waals surface area contributed by atoms with Crippen molar-refractivity contribution in [1.82, 2.24) is 56.8 Å². The standard InChI is InChI=1S/C40H58ClN7O9.C33H66N6O9/c1-3-4-9-37-43-39(41)36(48(37)31-32-10-12-33(13-11-32)34-7-5-6-8-35(34)40-44-46-47-45-40)30-42-38(49)14-15-51-18-19-53-22-23-55-26-27-57-29-28-56-25-24-54-21-20-52-17-16-50-2;1-27(38-42)32(3,4)36-15-12-29(13-16-37-33(5,6)28(2)39-43)11-14-34-30(40)9-8-10-31(41)35-17-18-45-21-22-47-25-26-48-24-23-46-20-19-44-7/h5-8,10-13H,3-4,9,14-31H2,1-2H3,(H,42,49)(H,44,45,46,47);29,36-37,42-43H,8-26H2,1-7H3,(H,34,40)(H,35,41)/b;38-27-,39-28-. The van der Waals surface area contributed by atoms with Crippen molar-refractivity contribution in [1.29, 1.82) is 0 Å². The highest BCUT2D eigenvalue weighted by Crippen LogP contribution is 2.30. The minimum Gasteiger partial charge on any atom is -0.411 e. The van der Waals surface area contributed by atoms with E-state index in [4.69, 9.17) is 83.6 Å². The van der Waals surface area contributed by atoms with E-state index in [0.29, 0.717) is 206 Å². The fourth-order valence-electron chi connectivity index (χ4n) is 9.85. The number of carbonyl (C=O) groups excluding carboxylic acids is 3. The topological polar surface area (TPSA) is 369 Å². The van der Waals surface area contributed by atoms with Crippen LogP contribution in [0.1, 0.15) is 123 Å². The van der Waals surface area contributed by atoms with E-state index in [1.165, 1.54) is 0 Å². The number of tetrazole rings is 1. The first-order chi connectivity index (χ1) is 51.0. The zero-order valence-electron chi connectivity index (χ0n) is 63.9. The quantitative estimate of drug-likeness (QED) is 0.00967. The largest absolute Gasteiger partial charge is 0.411 e. The highest BCUT2D eigenvalue weighted by Gasteiger charge is 2.25. The monoisotopic (exact) mass is 1510 g/mol. The van der Waals surface area contributed by atoms with Crippen LogP contribution in [-0.2, 0) is 95.5 Å². The van der Waals surface area contributed by atoms with Crippen LogP contribution in [0.25, 0.3) is 22.5 Å². The molecule has 8 N–H and O–H groups in total. The Hall–Kier alpha value is -6.24. The third-order valence-electron chi connectivity index (χ3n) is 16.7. The number of amides is 3. The number of aromatic amines is 1. The lowest BCUT2D eigenvalue weighted by atomic mass is 9.94. The molecule has 0 saturated heterocycles. The predicted molar refractivity (Wildman–Crippen MR) is 400 cm³/mol. The molecule has 0 aliphatic rings. The number of hydrogen-bond donors (Lipinski definition) is 8. The van der Waals surface area contributed by atoms with Gasteiger partial charge in [-0.15, -0.1) is 10.2 Å². The van der Waals surface area contributed by atoms with E-state index >= 15 is 0 Å². The molecule has 0 radical (unpaired) electrons. The van der Waals surface area contributed by atoms with E-state index in [-0.39, 0.29) is 50.1 Å². The average Bonchev–Trinajstić information content (AvgIpc) is 1.71. The first-order valence-corrected chi connectivity index (χ1v) is 37.0. The highest BCUT2D eigenvalue weighted by molar-refractivity contribution is 6.30. The molecule has 0 spiro atoms. The van der Waals surface area contributed by atoms with Gasteiger partial charge in [0.05, 0.1) is 193 Å². The van der Waals surface area contributed by atoms with Crippen molar-refractivity contribution in [2.45, 2.75) is 137 Å². The predicted octanol–water partition coefficient (Wildman–Crippen LogP) is 6.87. The number of halogens is 1. The van der Waals surface area contributed by atoms with Crippen LogP contribution in [0.2, 0.25) is 5.15 Å². The van der Waals surface area contributed by atoms with Crippen molar-refractivity contribution in [3.8, 4) is 22.5 Å². The van der Waals surface area contributed by atoms with Crippen LogP contribution in [-0.4, -0.2) is 280 Å². The number of rotatable bonds is 65. The van der Waals surface area contributed by atoms with Gasteiger partial charge in [0.15, 0.2) is 5.15 Å². The zero-order valence-corrected chi connectivity index (χ0v) is 64.7. The Balaban J connectivity index is 0.000000555. The highest BCUT2D eigenvalue weighted by atomic mass is 35.5. The van der Waals surface area contributed by atoms with E-state index in [9.17, 15) is 14.4 Å². The van der Waals surface area contributed by atoms with Crippen LogP contribution >= 0.6 is 11.6 Å². The molecule has 0 atom stereocenters.